The predicted octanol–water partition coefficient (Wildman–Crippen LogP) is 3.51. The summed E-state index contributed by atoms with van der Waals surface area (Å²) in [6, 6.07) is 0.281. The van der Waals surface area contributed by atoms with Gasteiger partial charge in [0.2, 0.25) is 0 Å². The van der Waals surface area contributed by atoms with Crippen LogP contribution in [-0.2, 0) is 4.74 Å². The van der Waals surface area contributed by atoms with Crippen molar-refractivity contribution in [3.8, 4) is 0 Å². The molecule has 0 saturated heterocycles. The first-order chi connectivity index (χ1) is 7.99. The Labute approximate surface area is 102 Å². The lowest BCUT2D eigenvalue weighted by atomic mass is 10.1. The van der Waals surface area contributed by atoms with Crippen molar-refractivity contribution < 1.29 is 17.9 Å². The van der Waals surface area contributed by atoms with Crippen LogP contribution in [0.15, 0.2) is 0 Å². The summed E-state index contributed by atoms with van der Waals surface area (Å²) in [6.45, 7) is 4.13. The van der Waals surface area contributed by atoms with E-state index < -0.39 is 12.8 Å². The lowest BCUT2D eigenvalue weighted by Crippen LogP contribution is -2.31. The van der Waals surface area contributed by atoms with Crippen molar-refractivity contribution in [1.82, 2.24) is 5.32 Å². The average molecular weight is 255 g/mol. The fourth-order valence-corrected chi connectivity index (χ4v) is 1.56. The molecule has 1 atom stereocenters. The van der Waals surface area contributed by atoms with Gasteiger partial charge in [0.15, 0.2) is 0 Å². The van der Waals surface area contributed by atoms with Gasteiger partial charge in [0.1, 0.15) is 6.61 Å². The van der Waals surface area contributed by atoms with E-state index in [0.717, 1.165) is 32.2 Å². The molecule has 0 aliphatic carbocycles. The summed E-state index contributed by atoms with van der Waals surface area (Å²) >= 11 is 0. The Morgan fingerprint density at radius 2 is 1.82 bits per heavy atom. The zero-order valence-electron chi connectivity index (χ0n) is 10.8. The summed E-state index contributed by atoms with van der Waals surface area (Å²) in [5.74, 6) is 0. The molecule has 0 aromatic rings. The van der Waals surface area contributed by atoms with Crippen LogP contribution in [0.5, 0.6) is 0 Å². The normalized spacial score (nSPS) is 13.9. The van der Waals surface area contributed by atoms with Crippen LogP contribution in [0, 0.1) is 0 Å². The van der Waals surface area contributed by atoms with Crippen molar-refractivity contribution in [1.29, 1.82) is 0 Å². The zero-order chi connectivity index (χ0) is 13.1. The lowest BCUT2D eigenvalue weighted by Gasteiger charge is -2.18. The SMILES string of the molecule is CCCCC(CCOCC(F)(F)F)NCCC. The second-order valence-electron chi connectivity index (χ2n) is 4.25. The molecule has 0 radical (unpaired) electrons. The molecule has 0 heterocycles. The fraction of sp³-hybridized carbons (Fsp3) is 1.00. The molecule has 1 unspecified atom stereocenters. The highest BCUT2D eigenvalue weighted by Gasteiger charge is 2.27. The smallest absolute Gasteiger partial charge is 0.372 e. The molecule has 0 amide bonds. The number of nitrogens with one attached hydrogen (secondary N) is 1. The minimum Gasteiger partial charge on any atom is -0.372 e. The van der Waals surface area contributed by atoms with Crippen LogP contribution in [-0.4, -0.2) is 32.0 Å². The number of ether oxygens (including phenoxy) is 1. The fourth-order valence-electron chi connectivity index (χ4n) is 1.56. The van der Waals surface area contributed by atoms with Gasteiger partial charge in [-0.05, 0) is 25.8 Å². The molecule has 0 aromatic heterocycles. The van der Waals surface area contributed by atoms with Crippen LogP contribution in [0.25, 0.3) is 0 Å². The van der Waals surface area contributed by atoms with Gasteiger partial charge >= 0.3 is 6.18 Å². The standard InChI is InChI=1S/C12H24F3NO/c1-3-5-6-11(16-8-4-2)7-9-17-10-12(13,14)15/h11,16H,3-10H2,1-2H3. The van der Waals surface area contributed by atoms with E-state index in [1.165, 1.54) is 0 Å². The van der Waals surface area contributed by atoms with Crippen LogP contribution in [0.2, 0.25) is 0 Å². The maximum absolute atomic E-state index is 11.8. The van der Waals surface area contributed by atoms with Crippen molar-refractivity contribution in [2.24, 2.45) is 0 Å². The van der Waals surface area contributed by atoms with Gasteiger partial charge in [0, 0.05) is 12.6 Å². The third-order valence-corrected chi connectivity index (χ3v) is 2.47. The first-order valence-corrected chi connectivity index (χ1v) is 6.37. The molecule has 0 spiro atoms. The van der Waals surface area contributed by atoms with Crippen molar-refractivity contribution in [2.45, 2.75) is 58.2 Å². The highest BCUT2D eigenvalue weighted by atomic mass is 19.4. The van der Waals surface area contributed by atoms with E-state index in [1.807, 2.05) is 0 Å². The monoisotopic (exact) mass is 255 g/mol. The van der Waals surface area contributed by atoms with Gasteiger partial charge in [-0.3, -0.25) is 0 Å². The molecular formula is C12H24F3NO. The van der Waals surface area contributed by atoms with Crippen LogP contribution in [0.4, 0.5) is 13.2 Å². The van der Waals surface area contributed by atoms with Gasteiger partial charge in [-0.15, -0.1) is 0 Å². The molecule has 17 heavy (non-hydrogen) atoms. The van der Waals surface area contributed by atoms with Gasteiger partial charge < -0.3 is 10.1 Å². The number of hydrogen-bond donors (Lipinski definition) is 1. The molecule has 5 heteroatoms. The number of rotatable bonds is 10. The number of unbranched alkanes of at least 4 members (excludes halogenated alkanes) is 1. The van der Waals surface area contributed by atoms with E-state index in [4.69, 9.17) is 0 Å². The van der Waals surface area contributed by atoms with Crippen molar-refractivity contribution in [3.05, 3.63) is 0 Å². The number of halogens is 3. The van der Waals surface area contributed by atoms with Crippen molar-refractivity contribution >= 4 is 0 Å². The van der Waals surface area contributed by atoms with Crippen molar-refractivity contribution in [3.63, 3.8) is 0 Å². The number of alkyl halides is 3. The minimum absolute atomic E-state index is 0.171. The Kier molecular flexibility index (Phi) is 9.55. The van der Waals surface area contributed by atoms with E-state index >= 15 is 0 Å². The molecule has 0 fully saturated rings. The molecule has 2 nitrogen and oxygen atoms in total. The van der Waals surface area contributed by atoms with E-state index in [2.05, 4.69) is 23.9 Å². The molecule has 1 N–H and O–H groups in total. The van der Waals surface area contributed by atoms with E-state index in [-0.39, 0.29) is 12.6 Å². The van der Waals surface area contributed by atoms with Gasteiger partial charge in [-0.1, -0.05) is 26.7 Å². The first-order valence-electron chi connectivity index (χ1n) is 6.37. The molecule has 0 aliphatic heterocycles. The molecule has 0 aliphatic rings. The maximum atomic E-state index is 11.8. The zero-order valence-corrected chi connectivity index (χ0v) is 10.8. The highest BCUT2D eigenvalue weighted by Crippen LogP contribution is 2.15. The van der Waals surface area contributed by atoms with Gasteiger partial charge in [0.25, 0.3) is 0 Å². The summed E-state index contributed by atoms with van der Waals surface area (Å²) in [7, 11) is 0. The molecule has 104 valence electrons. The summed E-state index contributed by atoms with van der Waals surface area (Å²) in [4.78, 5) is 0. The largest absolute Gasteiger partial charge is 0.411 e. The van der Waals surface area contributed by atoms with E-state index in [1.54, 1.807) is 0 Å². The van der Waals surface area contributed by atoms with Crippen LogP contribution in [0.3, 0.4) is 0 Å². The molecular weight excluding hydrogens is 231 g/mol. The van der Waals surface area contributed by atoms with Crippen LogP contribution < -0.4 is 5.32 Å². The van der Waals surface area contributed by atoms with Gasteiger partial charge in [0.05, 0.1) is 0 Å². The summed E-state index contributed by atoms with van der Waals surface area (Å²) < 4.78 is 40.2. The Morgan fingerprint density at radius 3 is 2.35 bits per heavy atom. The van der Waals surface area contributed by atoms with E-state index in [0.29, 0.717) is 6.42 Å². The number of hydrogen-bond acceptors (Lipinski definition) is 2. The second-order valence-corrected chi connectivity index (χ2v) is 4.25. The Morgan fingerprint density at radius 1 is 1.12 bits per heavy atom. The predicted molar refractivity (Wildman–Crippen MR) is 63.1 cm³/mol. The Hall–Kier alpha value is -0.290. The van der Waals surface area contributed by atoms with Gasteiger partial charge in [-0.25, -0.2) is 0 Å². The topological polar surface area (TPSA) is 21.3 Å². The highest BCUT2D eigenvalue weighted by molar-refractivity contribution is 4.66. The quantitative estimate of drug-likeness (QED) is 0.603. The molecule has 0 bridgehead atoms. The third kappa shape index (κ3) is 12.0. The summed E-state index contributed by atoms with van der Waals surface area (Å²) in [5.41, 5.74) is 0. The second kappa shape index (κ2) is 9.71. The molecule has 0 saturated carbocycles. The Bertz CT molecular complexity index is 166. The molecule has 0 aromatic carbocycles. The average Bonchev–Trinajstić information content (AvgIpc) is 2.25. The van der Waals surface area contributed by atoms with Crippen LogP contribution in [0.1, 0.15) is 46.0 Å². The third-order valence-electron chi connectivity index (χ3n) is 2.47. The summed E-state index contributed by atoms with van der Waals surface area (Å²) in [5, 5.41) is 3.34. The van der Waals surface area contributed by atoms with Gasteiger partial charge in [-0.2, -0.15) is 13.2 Å². The van der Waals surface area contributed by atoms with Crippen LogP contribution >= 0.6 is 0 Å². The minimum atomic E-state index is -4.21. The first kappa shape index (κ1) is 16.7. The summed E-state index contributed by atoms with van der Waals surface area (Å²) in [6.07, 6.45) is 0.679. The van der Waals surface area contributed by atoms with Crippen molar-refractivity contribution in [2.75, 3.05) is 19.8 Å². The van der Waals surface area contributed by atoms with E-state index in [9.17, 15) is 13.2 Å². The maximum Gasteiger partial charge on any atom is 0.411 e. The molecule has 0 rings (SSSR count). The lowest BCUT2D eigenvalue weighted by molar-refractivity contribution is -0.174. The Balaban J connectivity index is 3.66.